The summed E-state index contributed by atoms with van der Waals surface area (Å²) in [6.07, 6.45) is 3.31. The molecule has 3 saturated heterocycles. The van der Waals surface area contributed by atoms with E-state index in [0.29, 0.717) is 45.6 Å². The maximum atomic E-state index is 13.7. The van der Waals surface area contributed by atoms with Crippen LogP contribution < -0.4 is 5.32 Å². The van der Waals surface area contributed by atoms with Gasteiger partial charge in [-0.2, -0.15) is 5.10 Å². The number of aryl methyl sites for hydroxylation is 1. The van der Waals surface area contributed by atoms with Crippen LogP contribution in [0.4, 0.5) is 4.79 Å². The normalized spacial score (nSPS) is 21.6. The van der Waals surface area contributed by atoms with E-state index in [1.54, 1.807) is 9.80 Å². The molecular formula is C35H52N6O5. The molecule has 1 aromatic carbocycles. The number of piperazine rings is 1. The monoisotopic (exact) mass is 636 g/mol. The van der Waals surface area contributed by atoms with Crippen LogP contribution in [0.5, 0.6) is 0 Å². The van der Waals surface area contributed by atoms with Crippen LogP contribution in [0.15, 0.2) is 30.3 Å². The Morgan fingerprint density at radius 1 is 1.09 bits per heavy atom. The third-order valence-electron chi connectivity index (χ3n) is 10.3. The van der Waals surface area contributed by atoms with Crippen molar-refractivity contribution in [3.63, 3.8) is 0 Å². The maximum absolute atomic E-state index is 13.7. The van der Waals surface area contributed by atoms with Gasteiger partial charge in [0.15, 0.2) is 0 Å². The molecule has 0 bridgehead atoms. The molecule has 3 aliphatic heterocycles. The van der Waals surface area contributed by atoms with Gasteiger partial charge >= 0.3 is 6.09 Å². The number of aliphatic hydroxyl groups is 1. The SMILES string of the molecule is CCCCN1C(=O)C(C(O)C(C)C)NC(=O)C12CCN(Cc1c(C)nn(C3CCN(C(=O)OCc4ccccc4)CC3)c1C)CC2. The fraction of sp³-hybridized carbons (Fsp3) is 0.657. The number of aliphatic hydroxyl groups excluding tert-OH is 1. The van der Waals surface area contributed by atoms with Crippen molar-refractivity contribution in [3.05, 3.63) is 52.8 Å². The number of nitrogens with zero attached hydrogens (tertiary/aromatic N) is 5. The molecule has 2 N–H and O–H groups in total. The van der Waals surface area contributed by atoms with Gasteiger partial charge in [-0.05, 0) is 57.4 Å². The lowest BCUT2D eigenvalue weighted by Crippen LogP contribution is -2.74. The Labute approximate surface area is 273 Å². The molecule has 252 valence electrons. The molecule has 0 saturated carbocycles. The summed E-state index contributed by atoms with van der Waals surface area (Å²) in [7, 11) is 0. The predicted molar refractivity (Wildman–Crippen MR) is 175 cm³/mol. The van der Waals surface area contributed by atoms with Gasteiger partial charge in [0.05, 0.1) is 17.8 Å². The molecule has 1 aromatic heterocycles. The average Bonchev–Trinajstić information content (AvgIpc) is 3.34. The van der Waals surface area contributed by atoms with E-state index in [4.69, 9.17) is 9.84 Å². The van der Waals surface area contributed by atoms with Gasteiger partial charge in [-0.15, -0.1) is 0 Å². The summed E-state index contributed by atoms with van der Waals surface area (Å²) < 4.78 is 7.69. The van der Waals surface area contributed by atoms with E-state index in [0.717, 1.165) is 49.2 Å². The third-order valence-corrected chi connectivity index (χ3v) is 10.3. The number of likely N-dealkylation sites (tertiary alicyclic amines) is 2. The molecule has 11 nitrogen and oxygen atoms in total. The number of ether oxygens (including phenoxy) is 1. The van der Waals surface area contributed by atoms with Crippen LogP contribution >= 0.6 is 0 Å². The smallest absolute Gasteiger partial charge is 0.410 e. The van der Waals surface area contributed by atoms with Crippen LogP contribution in [-0.4, -0.2) is 97.9 Å². The van der Waals surface area contributed by atoms with Crippen molar-refractivity contribution >= 4 is 17.9 Å². The van der Waals surface area contributed by atoms with E-state index >= 15 is 0 Å². The quantitative estimate of drug-likeness (QED) is 0.405. The number of carbonyl (C=O) groups excluding carboxylic acids is 3. The van der Waals surface area contributed by atoms with Gasteiger partial charge < -0.3 is 25.0 Å². The lowest BCUT2D eigenvalue weighted by Gasteiger charge is -2.52. The van der Waals surface area contributed by atoms with E-state index < -0.39 is 17.7 Å². The lowest BCUT2D eigenvalue weighted by molar-refractivity contribution is -0.165. The van der Waals surface area contributed by atoms with Gasteiger partial charge in [0, 0.05) is 50.5 Å². The molecule has 0 aliphatic carbocycles. The number of hydrogen-bond donors (Lipinski definition) is 2. The van der Waals surface area contributed by atoms with Crippen LogP contribution in [0.2, 0.25) is 0 Å². The number of amides is 3. The van der Waals surface area contributed by atoms with Crippen LogP contribution in [-0.2, 0) is 27.5 Å². The van der Waals surface area contributed by atoms with Crippen LogP contribution in [0.1, 0.15) is 87.9 Å². The number of unbranched alkanes of at least 4 members (excludes halogenated alkanes) is 1. The summed E-state index contributed by atoms with van der Waals surface area (Å²) in [5.41, 5.74) is 3.45. The Morgan fingerprint density at radius 3 is 2.39 bits per heavy atom. The topological polar surface area (TPSA) is 120 Å². The summed E-state index contributed by atoms with van der Waals surface area (Å²) in [6.45, 7) is 14.2. The fourth-order valence-corrected chi connectivity index (χ4v) is 7.28. The number of benzene rings is 1. The molecule has 3 aliphatic rings. The van der Waals surface area contributed by atoms with Crippen LogP contribution in [0.25, 0.3) is 0 Å². The van der Waals surface area contributed by atoms with Gasteiger partial charge in [0.25, 0.3) is 0 Å². The molecule has 3 amide bonds. The second-order valence-corrected chi connectivity index (χ2v) is 13.7. The molecule has 5 rings (SSSR count). The molecule has 0 radical (unpaired) electrons. The van der Waals surface area contributed by atoms with E-state index in [2.05, 4.69) is 35.7 Å². The second-order valence-electron chi connectivity index (χ2n) is 13.7. The first kappa shape index (κ1) is 33.9. The van der Waals surface area contributed by atoms with Crippen molar-refractivity contribution < 1.29 is 24.2 Å². The average molecular weight is 637 g/mol. The van der Waals surface area contributed by atoms with E-state index in [1.165, 1.54) is 5.56 Å². The van der Waals surface area contributed by atoms with Gasteiger partial charge in [-0.1, -0.05) is 57.5 Å². The molecule has 2 unspecified atom stereocenters. The standard InChI is InChI=1S/C35H52N6O5/c1-6-7-17-40-32(43)30(31(42)24(2)3)36-33(44)35(40)15-20-38(21-16-35)22-29-25(4)37-41(26(29)5)28-13-18-39(19-14-28)34(45)46-23-27-11-9-8-10-12-27/h8-12,24,28,30-31,42H,6-7,13-23H2,1-5H3,(H,36,44). The van der Waals surface area contributed by atoms with Gasteiger partial charge in [0.1, 0.15) is 18.2 Å². The molecule has 11 heteroatoms. The molecule has 46 heavy (non-hydrogen) atoms. The highest BCUT2D eigenvalue weighted by atomic mass is 16.6. The van der Waals surface area contributed by atoms with Gasteiger partial charge in [-0.3, -0.25) is 19.2 Å². The largest absolute Gasteiger partial charge is 0.445 e. The van der Waals surface area contributed by atoms with Crippen molar-refractivity contribution in [3.8, 4) is 0 Å². The predicted octanol–water partition coefficient (Wildman–Crippen LogP) is 3.95. The minimum atomic E-state index is -0.916. The number of rotatable bonds is 10. The summed E-state index contributed by atoms with van der Waals surface area (Å²) in [5.74, 6) is -0.436. The molecule has 2 atom stereocenters. The van der Waals surface area contributed by atoms with Crippen molar-refractivity contribution in [1.29, 1.82) is 0 Å². The van der Waals surface area contributed by atoms with Gasteiger partial charge in [-0.25, -0.2) is 4.79 Å². The Bertz CT molecular complexity index is 1360. The third kappa shape index (κ3) is 6.95. The highest BCUT2D eigenvalue weighted by molar-refractivity contribution is 6.00. The molecule has 2 aromatic rings. The zero-order chi connectivity index (χ0) is 33.0. The summed E-state index contributed by atoms with van der Waals surface area (Å²) in [5, 5.41) is 18.6. The van der Waals surface area contributed by atoms with Gasteiger partial charge in [0.2, 0.25) is 11.8 Å². The number of nitrogens with one attached hydrogen (secondary N) is 1. The molecule has 4 heterocycles. The zero-order valence-corrected chi connectivity index (χ0v) is 28.2. The molecular weight excluding hydrogens is 584 g/mol. The second kappa shape index (κ2) is 14.5. The van der Waals surface area contributed by atoms with E-state index in [1.807, 2.05) is 44.2 Å². The van der Waals surface area contributed by atoms with Crippen LogP contribution in [0.3, 0.4) is 0 Å². The summed E-state index contributed by atoms with van der Waals surface area (Å²) in [4.78, 5) is 45.9. The Balaban J connectivity index is 1.18. The first-order chi connectivity index (χ1) is 22.1. The van der Waals surface area contributed by atoms with E-state index in [9.17, 15) is 19.5 Å². The van der Waals surface area contributed by atoms with Crippen molar-refractivity contribution in [2.24, 2.45) is 5.92 Å². The highest BCUT2D eigenvalue weighted by Crippen LogP contribution is 2.35. The van der Waals surface area contributed by atoms with Crippen molar-refractivity contribution in [2.45, 2.75) is 110 Å². The van der Waals surface area contributed by atoms with Crippen molar-refractivity contribution in [1.82, 2.24) is 29.8 Å². The maximum Gasteiger partial charge on any atom is 0.410 e. The molecule has 1 spiro atoms. The number of carbonyl (C=O) groups is 3. The zero-order valence-electron chi connectivity index (χ0n) is 28.2. The van der Waals surface area contributed by atoms with Crippen LogP contribution in [0, 0.1) is 19.8 Å². The minimum absolute atomic E-state index is 0.136. The lowest BCUT2D eigenvalue weighted by atomic mass is 9.80. The first-order valence-corrected chi connectivity index (χ1v) is 17.1. The Hall–Kier alpha value is -3.44. The number of aromatic nitrogens is 2. The van der Waals surface area contributed by atoms with E-state index in [-0.39, 0.29) is 36.5 Å². The minimum Gasteiger partial charge on any atom is -0.445 e. The number of hydrogen-bond acceptors (Lipinski definition) is 7. The highest BCUT2D eigenvalue weighted by Gasteiger charge is 2.54. The summed E-state index contributed by atoms with van der Waals surface area (Å²) in [6, 6.07) is 9.05. The number of piperidine rings is 2. The van der Waals surface area contributed by atoms with Crippen molar-refractivity contribution in [2.75, 3.05) is 32.7 Å². The Morgan fingerprint density at radius 2 is 1.76 bits per heavy atom. The summed E-state index contributed by atoms with van der Waals surface area (Å²) >= 11 is 0. The Kier molecular flexibility index (Phi) is 10.7. The first-order valence-electron chi connectivity index (χ1n) is 17.1. The fourth-order valence-electron chi connectivity index (χ4n) is 7.28. The molecule has 3 fully saturated rings.